The Morgan fingerprint density at radius 1 is 0.237 bits per heavy atom. The number of rotatable bonds is 10. The van der Waals surface area contributed by atoms with Gasteiger partial charge in [-0.05, 0) is 107 Å². The number of para-hydroxylation sites is 1. The molecule has 0 spiro atoms. The molecule has 14 aromatic rings. The molecule has 15 rings (SSSR count). The highest BCUT2D eigenvalue weighted by Crippen LogP contribution is 2.37. The molecular formula is C75H50N4Si. The fraction of sp³-hybridized carbons (Fsp3) is 0. The second-order valence-electron chi connectivity index (χ2n) is 20.7. The van der Waals surface area contributed by atoms with E-state index in [2.05, 4.69) is 296 Å². The van der Waals surface area contributed by atoms with Crippen molar-refractivity contribution in [1.29, 1.82) is 0 Å². The van der Waals surface area contributed by atoms with Crippen LogP contribution >= 0.6 is 0 Å². The third kappa shape index (κ3) is 8.02. The summed E-state index contributed by atoms with van der Waals surface area (Å²) in [6.45, 7) is 0. The predicted octanol–water partition coefficient (Wildman–Crippen LogP) is 16.0. The molecule has 1 aliphatic heterocycles. The van der Waals surface area contributed by atoms with Gasteiger partial charge in [0.2, 0.25) is 0 Å². The molecule has 4 nitrogen and oxygen atoms in total. The van der Waals surface area contributed by atoms with Crippen LogP contribution in [0.1, 0.15) is 0 Å². The smallest absolute Gasteiger partial charge is 0.180 e. The van der Waals surface area contributed by atoms with Crippen molar-refractivity contribution in [3.05, 3.63) is 303 Å². The molecule has 0 saturated carbocycles. The lowest BCUT2D eigenvalue weighted by atomic mass is 9.99. The summed E-state index contributed by atoms with van der Waals surface area (Å²) in [4.78, 5) is 15.7. The average Bonchev–Trinajstić information content (AvgIpc) is 4.19. The monoisotopic (exact) mass is 1030 g/mol. The van der Waals surface area contributed by atoms with Gasteiger partial charge in [0.05, 0.1) is 11.0 Å². The van der Waals surface area contributed by atoms with Crippen LogP contribution < -0.4 is 20.7 Å². The molecule has 2 aromatic heterocycles. The zero-order chi connectivity index (χ0) is 53.0. The highest BCUT2D eigenvalue weighted by Gasteiger charge is 2.49. The summed E-state index contributed by atoms with van der Waals surface area (Å²) in [6, 6.07) is 110. The molecule has 0 N–H and O–H groups in total. The first-order valence-corrected chi connectivity index (χ1v) is 29.3. The molecule has 0 radical (unpaired) electrons. The Bertz CT molecular complexity index is 4500. The summed E-state index contributed by atoms with van der Waals surface area (Å²) in [5, 5.41) is 7.85. The largest absolute Gasteiger partial charge is 0.309 e. The molecular weight excluding hydrogens is 985 g/mol. The fourth-order valence-electron chi connectivity index (χ4n) is 12.3. The third-order valence-corrected chi connectivity index (χ3v) is 21.0. The van der Waals surface area contributed by atoms with Gasteiger partial charge in [-0.25, -0.2) is 15.0 Å². The second-order valence-corrected chi connectivity index (χ2v) is 24.4. The molecule has 3 heterocycles. The predicted molar refractivity (Wildman–Crippen MR) is 335 cm³/mol. The molecule has 12 aromatic carbocycles. The number of fused-ring (bicyclic) bond motifs is 6. The van der Waals surface area contributed by atoms with Crippen LogP contribution in [-0.2, 0) is 0 Å². The van der Waals surface area contributed by atoms with E-state index in [4.69, 9.17) is 15.0 Å². The van der Waals surface area contributed by atoms with E-state index < -0.39 is 8.07 Å². The first-order valence-electron chi connectivity index (χ1n) is 27.3. The van der Waals surface area contributed by atoms with Crippen LogP contribution in [0.25, 0.3) is 117 Å². The maximum Gasteiger partial charge on any atom is 0.180 e. The summed E-state index contributed by atoms with van der Waals surface area (Å²) in [6.07, 6.45) is 0. The lowest BCUT2D eigenvalue weighted by molar-refractivity contribution is 1.07. The topological polar surface area (TPSA) is 43.6 Å². The summed E-state index contributed by atoms with van der Waals surface area (Å²) < 4.78 is 2.44. The van der Waals surface area contributed by atoms with Crippen LogP contribution in [0.4, 0.5) is 0 Å². The first-order chi connectivity index (χ1) is 39.6. The number of aromatic nitrogens is 4. The molecule has 0 saturated heterocycles. The van der Waals surface area contributed by atoms with Crippen molar-refractivity contribution >= 4 is 50.6 Å². The minimum atomic E-state index is -3.06. The summed E-state index contributed by atoms with van der Waals surface area (Å²) in [5.74, 6) is 1.87. The SMILES string of the molecule is c1ccc(-c2ccc(-c3nc(-c4ccc(-c5ccccc5)cc4)nc(-c4ccc([Si]5(c6ccc7c(c6)c6ccccc6n7-c6cccc(-c7ccccc7)c6)c6ccccc6-c6cc(-c7ccccc7)ccc65)cc4)n3)cc2)cc1. The van der Waals surface area contributed by atoms with Gasteiger partial charge in [0.25, 0.3) is 0 Å². The van der Waals surface area contributed by atoms with Crippen molar-refractivity contribution in [2.75, 3.05) is 0 Å². The molecule has 5 heteroatoms. The normalized spacial score (nSPS) is 13.6. The van der Waals surface area contributed by atoms with Gasteiger partial charge in [-0.1, -0.05) is 273 Å². The van der Waals surface area contributed by atoms with Crippen molar-refractivity contribution in [1.82, 2.24) is 19.5 Å². The highest BCUT2D eigenvalue weighted by atomic mass is 28.3. The molecule has 0 bridgehead atoms. The number of hydrogen-bond acceptors (Lipinski definition) is 3. The van der Waals surface area contributed by atoms with Crippen LogP contribution in [0.5, 0.6) is 0 Å². The Balaban J connectivity index is 0.906. The van der Waals surface area contributed by atoms with E-state index in [1.165, 1.54) is 75.9 Å². The molecule has 374 valence electrons. The molecule has 0 aliphatic carbocycles. The zero-order valence-electron chi connectivity index (χ0n) is 43.7. The highest BCUT2D eigenvalue weighted by molar-refractivity contribution is 7.22. The van der Waals surface area contributed by atoms with Gasteiger partial charge in [-0.3, -0.25) is 0 Å². The fourth-order valence-corrected chi connectivity index (χ4v) is 17.5. The average molecular weight is 1040 g/mol. The van der Waals surface area contributed by atoms with Crippen molar-refractivity contribution in [3.63, 3.8) is 0 Å². The zero-order valence-corrected chi connectivity index (χ0v) is 44.7. The minimum absolute atomic E-state index is 0.622. The summed E-state index contributed by atoms with van der Waals surface area (Å²) in [5.41, 5.74) is 18.3. The second kappa shape index (κ2) is 19.6. The Labute approximate surface area is 466 Å². The van der Waals surface area contributed by atoms with Gasteiger partial charge in [-0.15, -0.1) is 0 Å². The molecule has 0 amide bonds. The van der Waals surface area contributed by atoms with Gasteiger partial charge in [-0.2, -0.15) is 0 Å². The molecule has 1 unspecified atom stereocenters. The van der Waals surface area contributed by atoms with Crippen LogP contribution in [0.15, 0.2) is 303 Å². The van der Waals surface area contributed by atoms with Gasteiger partial charge in [0, 0.05) is 33.2 Å². The first kappa shape index (κ1) is 46.9. The summed E-state index contributed by atoms with van der Waals surface area (Å²) in [7, 11) is -3.06. The minimum Gasteiger partial charge on any atom is -0.309 e. The van der Waals surface area contributed by atoms with E-state index in [0.717, 1.165) is 44.6 Å². The van der Waals surface area contributed by atoms with E-state index in [0.29, 0.717) is 17.5 Å². The van der Waals surface area contributed by atoms with E-state index in [1.807, 2.05) is 12.1 Å². The van der Waals surface area contributed by atoms with Crippen LogP contribution in [-0.4, -0.2) is 27.6 Å². The molecule has 1 aliphatic rings. The van der Waals surface area contributed by atoms with E-state index >= 15 is 0 Å². The van der Waals surface area contributed by atoms with Gasteiger partial charge < -0.3 is 4.57 Å². The molecule has 80 heavy (non-hydrogen) atoms. The van der Waals surface area contributed by atoms with Crippen molar-refractivity contribution in [2.24, 2.45) is 0 Å². The van der Waals surface area contributed by atoms with Gasteiger partial charge in [0.1, 0.15) is 0 Å². The van der Waals surface area contributed by atoms with Crippen molar-refractivity contribution in [3.8, 4) is 95.5 Å². The van der Waals surface area contributed by atoms with Crippen LogP contribution in [0, 0.1) is 0 Å². The van der Waals surface area contributed by atoms with E-state index in [1.54, 1.807) is 0 Å². The number of hydrogen-bond donors (Lipinski definition) is 0. The van der Waals surface area contributed by atoms with Crippen molar-refractivity contribution < 1.29 is 0 Å². The number of benzene rings is 12. The molecule has 0 fully saturated rings. The van der Waals surface area contributed by atoms with E-state index in [9.17, 15) is 0 Å². The summed E-state index contributed by atoms with van der Waals surface area (Å²) >= 11 is 0. The Kier molecular flexibility index (Phi) is 11.5. The lowest BCUT2D eigenvalue weighted by Gasteiger charge is -2.31. The maximum absolute atomic E-state index is 5.28. The van der Waals surface area contributed by atoms with Gasteiger partial charge in [0.15, 0.2) is 25.5 Å². The third-order valence-electron chi connectivity index (χ3n) is 16.2. The Morgan fingerprint density at radius 2 is 0.637 bits per heavy atom. The van der Waals surface area contributed by atoms with Crippen LogP contribution in [0.3, 0.4) is 0 Å². The van der Waals surface area contributed by atoms with E-state index in [-0.39, 0.29) is 0 Å². The number of nitrogens with zero attached hydrogens (tertiary/aromatic N) is 4. The quantitative estimate of drug-likeness (QED) is 0.128. The van der Waals surface area contributed by atoms with Crippen LogP contribution in [0.2, 0.25) is 0 Å². The van der Waals surface area contributed by atoms with Gasteiger partial charge >= 0.3 is 0 Å². The lowest BCUT2D eigenvalue weighted by Crippen LogP contribution is -2.72. The van der Waals surface area contributed by atoms with Crippen molar-refractivity contribution in [2.45, 2.75) is 0 Å². The molecule has 1 atom stereocenters. The maximum atomic E-state index is 5.28. The Hall–Kier alpha value is -10.3. The standard InChI is InChI=1S/C75H50N4Si/c1-5-18-51(19-6-1)55-32-36-57(37-33-55)73-76-74(58-38-34-56(35-39-58)52-20-7-2-8-21-52)78-75(77-73)59-40-43-63(44-41-59)80(71-31-16-14-29-66(71)68-49-61(42-47-72(68)80)54-24-11-4-12-25-54)64-45-46-70-67(50-64)65-28-13-15-30-69(65)79(70)62-27-17-26-60(48-62)53-22-9-3-10-23-53/h1-50H. The Morgan fingerprint density at radius 3 is 1.21 bits per heavy atom.